The summed E-state index contributed by atoms with van der Waals surface area (Å²) in [5, 5.41) is 0.594. The molecule has 0 atom stereocenters. The van der Waals surface area contributed by atoms with Gasteiger partial charge in [0.25, 0.3) is 0 Å². The molecule has 2 nitrogen and oxygen atoms in total. The Hall–Kier alpha value is -0.540. The summed E-state index contributed by atoms with van der Waals surface area (Å²) in [5.74, 6) is 0.738. The molecule has 0 spiro atoms. The first kappa shape index (κ1) is 11.9. The normalized spacial score (nSPS) is 12.3. The van der Waals surface area contributed by atoms with Crippen LogP contribution in [-0.4, -0.2) is 4.98 Å². The predicted molar refractivity (Wildman–Crippen MR) is 69.9 cm³/mol. The maximum atomic E-state index is 6.08. The molecule has 2 aromatic rings. The van der Waals surface area contributed by atoms with Crippen LogP contribution in [0.4, 0.5) is 0 Å². The smallest absolute Gasteiger partial charge is 0.196 e. The number of hydrogen-bond donors (Lipinski definition) is 0. The molecule has 0 aliphatic heterocycles. The van der Waals surface area contributed by atoms with Crippen LogP contribution in [0.25, 0.3) is 11.1 Å². The van der Waals surface area contributed by atoms with Crippen molar-refractivity contribution in [3.8, 4) is 0 Å². The van der Waals surface area contributed by atoms with E-state index in [1.165, 1.54) is 0 Å². The number of hydrogen-bond acceptors (Lipinski definition) is 2. The second-order valence-electron chi connectivity index (χ2n) is 5.08. The lowest BCUT2D eigenvalue weighted by Gasteiger charge is -2.14. The fourth-order valence-electron chi connectivity index (χ4n) is 1.54. The Labute approximate surface area is 108 Å². The van der Waals surface area contributed by atoms with E-state index in [1.54, 1.807) is 0 Å². The van der Waals surface area contributed by atoms with Crippen LogP contribution in [0.2, 0.25) is 5.02 Å². The number of benzene rings is 1. The van der Waals surface area contributed by atoms with Gasteiger partial charge in [-0.15, -0.1) is 0 Å². The molecule has 86 valence electrons. The molecule has 16 heavy (non-hydrogen) atoms. The third-order valence-electron chi connectivity index (χ3n) is 2.14. The first-order chi connectivity index (χ1) is 7.35. The molecule has 0 amide bonds. The maximum absolute atomic E-state index is 6.08. The van der Waals surface area contributed by atoms with Gasteiger partial charge in [-0.25, -0.2) is 4.98 Å². The van der Waals surface area contributed by atoms with Gasteiger partial charge in [0.05, 0.1) is 5.02 Å². The molecule has 4 heteroatoms. The number of halogens is 2. The minimum absolute atomic E-state index is 0.157. The van der Waals surface area contributed by atoms with Gasteiger partial charge in [-0.3, -0.25) is 0 Å². The average molecular weight is 303 g/mol. The first-order valence-corrected chi connectivity index (χ1v) is 6.27. The van der Waals surface area contributed by atoms with E-state index in [2.05, 4.69) is 41.7 Å². The monoisotopic (exact) mass is 301 g/mol. The molecule has 0 aliphatic rings. The number of fused-ring (bicyclic) bond motifs is 1. The molecule has 0 N–H and O–H groups in total. The quantitative estimate of drug-likeness (QED) is 0.754. The summed E-state index contributed by atoms with van der Waals surface area (Å²) >= 11 is 9.47. The van der Waals surface area contributed by atoms with Crippen molar-refractivity contribution in [1.82, 2.24) is 4.98 Å². The van der Waals surface area contributed by atoms with E-state index in [0.717, 1.165) is 22.3 Å². The molecule has 1 aromatic heterocycles. The summed E-state index contributed by atoms with van der Waals surface area (Å²) in [5.41, 5.74) is 1.63. The van der Waals surface area contributed by atoms with Gasteiger partial charge in [-0.2, -0.15) is 0 Å². The van der Waals surface area contributed by atoms with Crippen LogP contribution in [0.3, 0.4) is 0 Å². The highest BCUT2D eigenvalue weighted by molar-refractivity contribution is 9.10. The highest BCUT2D eigenvalue weighted by atomic mass is 79.9. The zero-order valence-corrected chi connectivity index (χ0v) is 11.8. The van der Waals surface area contributed by atoms with E-state index >= 15 is 0 Å². The molecule has 0 saturated carbocycles. The molecule has 0 fully saturated rings. The summed E-state index contributed by atoms with van der Waals surface area (Å²) in [6.45, 7) is 6.46. The molecule has 1 heterocycles. The second kappa shape index (κ2) is 4.04. The number of rotatable bonds is 1. The van der Waals surface area contributed by atoms with Crippen molar-refractivity contribution in [3.63, 3.8) is 0 Å². The Balaban J connectivity index is 2.48. The Kier molecular flexibility index (Phi) is 3.01. The predicted octanol–water partition coefficient (Wildman–Crippen LogP) is 4.83. The largest absolute Gasteiger partial charge is 0.439 e. The highest BCUT2D eigenvalue weighted by Gasteiger charge is 2.17. The summed E-state index contributed by atoms with van der Waals surface area (Å²) < 4.78 is 6.58. The zero-order chi connectivity index (χ0) is 11.9. The Morgan fingerprint density at radius 2 is 2.06 bits per heavy atom. The number of nitrogens with zero attached hydrogens (tertiary/aromatic N) is 1. The van der Waals surface area contributed by atoms with Gasteiger partial charge in [0.15, 0.2) is 11.5 Å². The molecule has 0 radical (unpaired) electrons. The third-order valence-corrected chi connectivity index (χ3v) is 2.87. The Morgan fingerprint density at radius 1 is 1.38 bits per heavy atom. The second-order valence-corrected chi connectivity index (χ2v) is 6.40. The van der Waals surface area contributed by atoms with Crippen LogP contribution < -0.4 is 0 Å². The summed E-state index contributed by atoms with van der Waals surface area (Å²) in [7, 11) is 0. The van der Waals surface area contributed by atoms with Crippen LogP contribution in [0.5, 0.6) is 0 Å². The van der Waals surface area contributed by atoms with E-state index < -0.39 is 0 Å². The summed E-state index contributed by atoms with van der Waals surface area (Å²) in [6.07, 6.45) is 0.801. The Morgan fingerprint density at radius 3 is 2.69 bits per heavy atom. The van der Waals surface area contributed by atoms with Crippen LogP contribution in [0.1, 0.15) is 26.7 Å². The van der Waals surface area contributed by atoms with E-state index in [9.17, 15) is 0 Å². The van der Waals surface area contributed by atoms with E-state index in [-0.39, 0.29) is 5.41 Å². The van der Waals surface area contributed by atoms with E-state index in [0.29, 0.717) is 10.6 Å². The number of oxazole rings is 1. The first-order valence-electron chi connectivity index (χ1n) is 5.10. The lowest BCUT2D eigenvalue weighted by molar-refractivity contribution is 0.362. The van der Waals surface area contributed by atoms with E-state index in [1.807, 2.05) is 12.1 Å². The minimum atomic E-state index is 0.157. The van der Waals surface area contributed by atoms with Crippen molar-refractivity contribution >= 4 is 38.6 Å². The highest BCUT2D eigenvalue weighted by Crippen LogP contribution is 2.30. The van der Waals surface area contributed by atoms with Crippen molar-refractivity contribution in [2.45, 2.75) is 27.2 Å². The molecule has 0 saturated heterocycles. The standard InChI is InChI=1S/C12H13BrClNO/c1-12(2,3)6-10-15-9-5-7(13)4-8(14)11(9)16-10/h4-5H,6H2,1-3H3. The van der Waals surface area contributed by atoms with Gasteiger partial charge in [0.2, 0.25) is 0 Å². The van der Waals surface area contributed by atoms with Crippen molar-refractivity contribution in [2.24, 2.45) is 5.41 Å². The van der Waals surface area contributed by atoms with Crippen LogP contribution in [-0.2, 0) is 6.42 Å². The third kappa shape index (κ3) is 2.58. The van der Waals surface area contributed by atoms with Gasteiger partial charge < -0.3 is 4.42 Å². The maximum Gasteiger partial charge on any atom is 0.196 e. The lowest BCUT2D eigenvalue weighted by Crippen LogP contribution is -2.09. The summed E-state index contributed by atoms with van der Waals surface area (Å²) in [6, 6.07) is 3.73. The minimum Gasteiger partial charge on any atom is -0.439 e. The SMILES string of the molecule is CC(C)(C)Cc1nc2cc(Br)cc(Cl)c2o1. The molecular weight excluding hydrogens is 289 g/mol. The molecule has 2 rings (SSSR count). The van der Waals surface area contributed by atoms with E-state index in [4.69, 9.17) is 16.0 Å². The van der Waals surface area contributed by atoms with Gasteiger partial charge in [0, 0.05) is 10.9 Å². The fourth-order valence-corrected chi connectivity index (χ4v) is 2.37. The Bertz CT molecular complexity index is 528. The molecular formula is C12H13BrClNO. The van der Waals surface area contributed by atoms with Gasteiger partial charge in [0.1, 0.15) is 5.52 Å². The van der Waals surface area contributed by atoms with Crippen molar-refractivity contribution in [2.75, 3.05) is 0 Å². The average Bonchev–Trinajstić information content (AvgIpc) is 2.43. The molecule has 1 aromatic carbocycles. The van der Waals surface area contributed by atoms with Gasteiger partial charge in [-0.1, -0.05) is 48.3 Å². The van der Waals surface area contributed by atoms with Crippen molar-refractivity contribution < 1.29 is 4.42 Å². The van der Waals surface area contributed by atoms with Crippen LogP contribution >= 0.6 is 27.5 Å². The van der Waals surface area contributed by atoms with Crippen molar-refractivity contribution in [3.05, 3.63) is 27.5 Å². The van der Waals surface area contributed by atoms with Crippen LogP contribution in [0, 0.1) is 5.41 Å². The topological polar surface area (TPSA) is 26.0 Å². The van der Waals surface area contributed by atoms with Gasteiger partial charge in [-0.05, 0) is 17.5 Å². The molecule has 0 aliphatic carbocycles. The zero-order valence-electron chi connectivity index (χ0n) is 9.47. The molecule has 0 bridgehead atoms. The van der Waals surface area contributed by atoms with Crippen molar-refractivity contribution in [1.29, 1.82) is 0 Å². The molecule has 0 unspecified atom stereocenters. The van der Waals surface area contributed by atoms with Gasteiger partial charge >= 0.3 is 0 Å². The lowest BCUT2D eigenvalue weighted by atomic mass is 9.92. The van der Waals surface area contributed by atoms with Crippen LogP contribution in [0.15, 0.2) is 21.0 Å². The number of aromatic nitrogens is 1. The summed E-state index contributed by atoms with van der Waals surface area (Å²) in [4.78, 5) is 4.44. The fraction of sp³-hybridized carbons (Fsp3) is 0.417.